The number of carbonyl (C=O) groups excluding carboxylic acids is 1. The third-order valence-electron chi connectivity index (χ3n) is 3.65. The van der Waals surface area contributed by atoms with Gasteiger partial charge in [0.15, 0.2) is 5.75 Å². The van der Waals surface area contributed by atoms with Gasteiger partial charge in [-0.05, 0) is 42.8 Å². The summed E-state index contributed by atoms with van der Waals surface area (Å²) < 4.78 is 44.9. The predicted octanol–water partition coefficient (Wildman–Crippen LogP) is 3.29. The summed E-state index contributed by atoms with van der Waals surface area (Å²) >= 11 is 12.2. The van der Waals surface area contributed by atoms with Crippen LogP contribution in [-0.2, 0) is 21.4 Å². The van der Waals surface area contributed by atoms with Crippen molar-refractivity contribution < 1.29 is 32.2 Å². The number of hydrogen-bond donors (Lipinski definition) is 3. The van der Waals surface area contributed by atoms with Gasteiger partial charge in [0.05, 0.1) is 21.5 Å². The summed E-state index contributed by atoms with van der Waals surface area (Å²) in [5.74, 6) is -2.73. The molecule has 0 bridgehead atoms. The third kappa shape index (κ3) is 6.75. The molecule has 0 atom stereocenters. The average Bonchev–Trinajstić information content (AvgIpc) is 2.64. The van der Waals surface area contributed by atoms with E-state index in [9.17, 15) is 22.4 Å². The van der Waals surface area contributed by atoms with Crippen molar-refractivity contribution in [2.24, 2.45) is 0 Å². The van der Waals surface area contributed by atoms with Crippen molar-refractivity contribution in [3.63, 3.8) is 0 Å². The zero-order valence-corrected chi connectivity index (χ0v) is 17.9. The lowest BCUT2D eigenvalue weighted by Crippen LogP contribution is -2.29. The number of carboxylic acid groups (broad SMARTS) is 1. The molecule has 0 aromatic heterocycles. The summed E-state index contributed by atoms with van der Waals surface area (Å²) in [5, 5.41) is 10.7. The molecule has 0 radical (unpaired) electrons. The quantitative estimate of drug-likeness (QED) is 0.508. The molecule has 2 aromatic rings. The molecule has 0 unspecified atom stereocenters. The van der Waals surface area contributed by atoms with E-state index >= 15 is 0 Å². The largest absolute Gasteiger partial charge is 0.486 e. The maximum Gasteiger partial charge on any atom is 0.322 e. The van der Waals surface area contributed by atoms with E-state index in [0.29, 0.717) is 5.56 Å². The van der Waals surface area contributed by atoms with E-state index in [2.05, 4.69) is 10.0 Å². The molecule has 30 heavy (non-hydrogen) atoms. The molecule has 0 aliphatic rings. The number of rotatable bonds is 9. The first-order valence-corrected chi connectivity index (χ1v) is 10.8. The van der Waals surface area contributed by atoms with E-state index in [0.717, 1.165) is 12.1 Å². The minimum Gasteiger partial charge on any atom is -0.486 e. The van der Waals surface area contributed by atoms with Crippen molar-refractivity contribution >= 4 is 50.8 Å². The van der Waals surface area contributed by atoms with Crippen LogP contribution in [0.1, 0.15) is 22.8 Å². The number of benzene rings is 2. The van der Waals surface area contributed by atoms with Crippen molar-refractivity contribution in [1.82, 2.24) is 5.32 Å². The van der Waals surface area contributed by atoms with Gasteiger partial charge >= 0.3 is 5.97 Å². The highest BCUT2D eigenvalue weighted by atomic mass is 35.5. The lowest BCUT2D eigenvalue weighted by atomic mass is 10.2. The topological polar surface area (TPSA) is 122 Å². The Morgan fingerprint density at radius 2 is 1.77 bits per heavy atom. The molecule has 1 amide bonds. The van der Waals surface area contributed by atoms with Crippen LogP contribution in [0.3, 0.4) is 0 Å². The molecule has 0 aliphatic heterocycles. The standard InChI is InChI=1S/C18H17Cl2FN2O6S/c1-2-30(27,28)23-13-4-10(3-12(21)7-13)9-29-17-14(19)5-11(6-15(17)20)18(26)22-8-16(24)25/h3-7,23H,2,8-9H2,1H3,(H,22,26)(H,24,25). The Labute approximate surface area is 182 Å². The Balaban J connectivity index is 2.17. The van der Waals surface area contributed by atoms with E-state index in [1.165, 1.54) is 25.1 Å². The molecule has 0 saturated heterocycles. The highest BCUT2D eigenvalue weighted by Crippen LogP contribution is 2.35. The van der Waals surface area contributed by atoms with Gasteiger partial charge in [0.2, 0.25) is 10.0 Å². The molecule has 2 aromatic carbocycles. The average molecular weight is 479 g/mol. The number of sulfonamides is 1. The van der Waals surface area contributed by atoms with E-state index in [1.54, 1.807) is 0 Å². The Hall–Kier alpha value is -2.56. The Morgan fingerprint density at radius 1 is 1.13 bits per heavy atom. The van der Waals surface area contributed by atoms with Gasteiger partial charge in [0, 0.05) is 5.56 Å². The maximum absolute atomic E-state index is 13.8. The van der Waals surface area contributed by atoms with Gasteiger partial charge in [0.25, 0.3) is 5.91 Å². The highest BCUT2D eigenvalue weighted by Gasteiger charge is 2.16. The zero-order valence-electron chi connectivity index (χ0n) is 15.5. The molecule has 0 saturated carbocycles. The molecule has 0 heterocycles. The molecule has 3 N–H and O–H groups in total. The van der Waals surface area contributed by atoms with Crippen LogP contribution < -0.4 is 14.8 Å². The first kappa shape index (κ1) is 23.7. The lowest BCUT2D eigenvalue weighted by Gasteiger charge is -2.13. The first-order chi connectivity index (χ1) is 14.0. The number of ether oxygens (including phenoxy) is 1. The summed E-state index contributed by atoms with van der Waals surface area (Å²) in [4.78, 5) is 22.5. The molecule has 162 valence electrons. The first-order valence-electron chi connectivity index (χ1n) is 8.42. The minimum absolute atomic E-state index is 0.0214. The fraction of sp³-hybridized carbons (Fsp3) is 0.222. The van der Waals surface area contributed by atoms with Gasteiger partial charge in [-0.1, -0.05) is 23.2 Å². The van der Waals surface area contributed by atoms with Crippen molar-refractivity contribution in [1.29, 1.82) is 0 Å². The zero-order chi connectivity index (χ0) is 22.5. The van der Waals surface area contributed by atoms with Gasteiger partial charge in [0.1, 0.15) is 19.0 Å². The number of halogens is 3. The van der Waals surface area contributed by atoms with Gasteiger partial charge in [-0.2, -0.15) is 0 Å². The fourth-order valence-corrected chi connectivity index (χ4v) is 3.50. The van der Waals surface area contributed by atoms with Crippen molar-refractivity contribution in [3.05, 3.63) is 57.3 Å². The SMILES string of the molecule is CCS(=O)(=O)Nc1cc(F)cc(COc2c(Cl)cc(C(=O)NCC(=O)O)cc2Cl)c1. The van der Waals surface area contributed by atoms with Crippen molar-refractivity contribution in [2.45, 2.75) is 13.5 Å². The summed E-state index contributed by atoms with van der Waals surface area (Å²) in [6.45, 7) is 0.680. The number of carbonyl (C=O) groups is 2. The number of amides is 1. The number of anilines is 1. The maximum atomic E-state index is 13.8. The molecule has 0 fully saturated rings. The molecular weight excluding hydrogens is 462 g/mol. The van der Waals surface area contributed by atoms with Gasteiger partial charge in [-0.25, -0.2) is 12.8 Å². The van der Waals surface area contributed by atoms with Crippen LogP contribution in [0.15, 0.2) is 30.3 Å². The van der Waals surface area contributed by atoms with E-state index in [1.807, 2.05) is 0 Å². The van der Waals surface area contributed by atoms with Crippen LogP contribution in [0, 0.1) is 5.82 Å². The van der Waals surface area contributed by atoms with Gasteiger partial charge < -0.3 is 15.2 Å². The number of hydrogen-bond acceptors (Lipinski definition) is 5. The Morgan fingerprint density at radius 3 is 2.33 bits per heavy atom. The summed E-state index contributed by atoms with van der Waals surface area (Å²) in [6.07, 6.45) is 0. The lowest BCUT2D eigenvalue weighted by molar-refractivity contribution is -0.135. The predicted molar refractivity (Wildman–Crippen MR) is 110 cm³/mol. The second-order valence-electron chi connectivity index (χ2n) is 5.99. The Kier molecular flexibility index (Phi) is 7.88. The molecule has 12 heteroatoms. The summed E-state index contributed by atoms with van der Waals surface area (Å²) in [7, 11) is -3.58. The fourth-order valence-electron chi connectivity index (χ4n) is 2.29. The van der Waals surface area contributed by atoms with E-state index in [4.69, 9.17) is 33.0 Å². The smallest absolute Gasteiger partial charge is 0.322 e. The summed E-state index contributed by atoms with van der Waals surface area (Å²) in [5.41, 5.74) is 0.373. The number of aliphatic carboxylic acids is 1. The van der Waals surface area contributed by atoms with Gasteiger partial charge in [-0.3, -0.25) is 14.3 Å². The molecular formula is C18H17Cl2FN2O6S. The van der Waals surface area contributed by atoms with Crippen LogP contribution in [0.5, 0.6) is 5.75 Å². The summed E-state index contributed by atoms with van der Waals surface area (Å²) in [6, 6.07) is 6.06. The van der Waals surface area contributed by atoms with Crippen molar-refractivity contribution in [2.75, 3.05) is 17.0 Å². The molecule has 0 aliphatic carbocycles. The molecule has 8 nitrogen and oxygen atoms in total. The number of nitrogens with one attached hydrogen (secondary N) is 2. The van der Waals surface area contributed by atoms with Crippen LogP contribution in [-0.4, -0.2) is 37.7 Å². The van der Waals surface area contributed by atoms with Crippen LogP contribution >= 0.6 is 23.2 Å². The van der Waals surface area contributed by atoms with E-state index < -0.39 is 34.3 Å². The second-order valence-corrected chi connectivity index (χ2v) is 8.81. The third-order valence-corrected chi connectivity index (χ3v) is 5.52. The van der Waals surface area contributed by atoms with E-state index in [-0.39, 0.29) is 39.4 Å². The Bertz CT molecular complexity index is 1060. The van der Waals surface area contributed by atoms with Crippen molar-refractivity contribution in [3.8, 4) is 5.75 Å². The van der Waals surface area contributed by atoms with Crippen LogP contribution in [0.25, 0.3) is 0 Å². The minimum atomic E-state index is -3.58. The molecule has 2 rings (SSSR count). The highest BCUT2D eigenvalue weighted by molar-refractivity contribution is 7.92. The normalized spacial score (nSPS) is 11.1. The molecule has 0 spiro atoms. The van der Waals surface area contributed by atoms with Gasteiger partial charge in [-0.15, -0.1) is 0 Å². The monoisotopic (exact) mass is 478 g/mol. The second kappa shape index (κ2) is 9.96. The van der Waals surface area contributed by atoms with Crippen LogP contribution in [0.4, 0.5) is 10.1 Å². The van der Waals surface area contributed by atoms with Crippen LogP contribution in [0.2, 0.25) is 10.0 Å². The number of carboxylic acids is 1.